The van der Waals surface area contributed by atoms with E-state index in [0.717, 1.165) is 17.9 Å². The number of halogens is 1. The van der Waals surface area contributed by atoms with E-state index in [-0.39, 0.29) is 0 Å². The molecule has 1 aliphatic carbocycles. The van der Waals surface area contributed by atoms with Gasteiger partial charge in [-0.3, -0.25) is 4.98 Å². The first kappa shape index (κ1) is 13.6. The van der Waals surface area contributed by atoms with Crippen LogP contribution in [-0.2, 0) is 6.42 Å². The van der Waals surface area contributed by atoms with Gasteiger partial charge < -0.3 is 5.32 Å². The molecule has 0 spiro atoms. The third kappa shape index (κ3) is 2.87. The summed E-state index contributed by atoms with van der Waals surface area (Å²) in [5, 5.41) is 4.49. The Kier molecular flexibility index (Phi) is 4.04. The van der Waals surface area contributed by atoms with Crippen LogP contribution in [0.4, 0.5) is 0 Å². The van der Waals surface area contributed by atoms with Crippen LogP contribution in [0, 0.1) is 0 Å². The van der Waals surface area contributed by atoms with Crippen molar-refractivity contribution in [3.63, 3.8) is 0 Å². The number of nitrogens with zero attached hydrogens (tertiary/aromatic N) is 1. The molecule has 0 bridgehead atoms. The number of fused-ring (bicyclic) bond motifs is 1. The fraction of sp³-hybridized carbons (Fsp3) is 0.353. The van der Waals surface area contributed by atoms with Gasteiger partial charge in [0, 0.05) is 17.3 Å². The lowest BCUT2D eigenvalue weighted by Gasteiger charge is -2.28. The molecule has 3 rings (SSSR count). The van der Waals surface area contributed by atoms with E-state index in [1.54, 1.807) is 0 Å². The Morgan fingerprint density at radius 3 is 2.85 bits per heavy atom. The van der Waals surface area contributed by atoms with Gasteiger partial charge in [0.15, 0.2) is 0 Å². The Morgan fingerprint density at radius 1 is 1.25 bits per heavy atom. The highest BCUT2D eigenvalue weighted by Crippen LogP contribution is 2.30. The van der Waals surface area contributed by atoms with Crippen LogP contribution in [0.25, 0.3) is 0 Å². The Hall–Kier alpha value is -1.38. The van der Waals surface area contributed by atoms with Gasteiger partial charge in [0.1, 0.15) is 0 Å². The maximum absolute atomic E-state index is 5.94. The van der Waals surface area contributed by atoms with Gasteiger partial charge in [-0.1, -0.05) is 29.8 Å². The summed E-state index contributed by atoms with van der Waals surface area (Å²) in [6.07, 6.45) is 5.42. The summed E-state index contributed by atoms with van der Waals surface area (Å²) >= 11 is 5.94. The van der Waals surface area contributed by atoms with Crippen LogP contribution < -0.4 is 5.32 Å². The summed E-state index contributed by atoms with van der Waals surface area (Å²) in [7, 11) is 0. The Labute approximate surface area is 125 Å². The molecule has 0 saturated heterocycles. The molecule has 2 atom stereocenters. The molecule has 0 radical (unpaired) electrons. The fourth-order valence-corrected chi connectivity index (χ4v) is 3.05. The Balaban J connectivity index is 1.77. The predicted octanol–water partition coefficient (Wildman–Crippen LogP) is 4.46. The monoisotopic (exact) mass is 286 g/mol. The lowest BCUT2D eigenvalue weighted by atomic mass is 9.91. The summed E-state index contributed by atoms with van der Waals surface area (Å²) in [6.45, 7) is 2.19. The number of pyridine rings is 1. The van der Waals surface area contributed by atoms with Crippen molar-refractivity contribution < 1.29 is 0 Å². The summed E-state index contributed by atoms with van der Waals surface area (Å²) < 4.78 is 0. The number of benzene rings is 1. The van der Waals surface area contributed by atoms with E-state index in [9.17, 15) is 0 Å². The maximum Gasteiger partial charge on any atom is 0.0605 e. The molecule has 0 saturated carbocycles. The molecule has 1 unspecified atom stereocenters. The molecule has 20 heavy (non-hydrogen) atoms. The van der Waals surface area contributed by atoms with E-state index >= 15 is 0 Å². The van der Waals surface area contributed by atoms with Crippen molar-refractivity contribution in [1.29, 1.82) is 0 Å². The molecule has 2 aromatic rings. The molecule has 0 amide bonds. The first-order chi connectivity index (χ1) is 9.74. The lowest BCUT2D eigenvalue weighted by molar-refractivity contribution is 0.406. The standard InChI is InChI=1S/C17H19ClN2/c1-12(13-7-9-15(18)10-8-13)20-16-6-2-4-14-5-3-11-19-17(14)16/h3,5,7-12,16,20H,2,4,6H2,1H3/t12-,16?/m0/s1. The van der Waals surface area contributed by atoms with Gasteiger partial charge in [0.25, 0.3) is 0 Å². The minimum absolute atomic E-state index is 0.297. The summed E-state index contributed by atoms with van der Waals surface area (Å²) in [6, 6.07) is 12.9. The largest absolute Gasteiger partial charge is 0.302 e. The first-order valence-corrected chi connectivity index (χ1v) is 7.57. The van der Waals surface area contributed by atoms with E-state index in [1.165, 1.54) is 23.2 Å². The number of aromatic nitrogens is 1. The molecule has 104 valence electrons. The highest BCUT2D eigenvalue weighted by Gasteiger charge is 2.22. The molecular formula is C17H19ClN2. The van der Waals surface area contributed by atoms with Gasteiger partial charge in [-0.05, 0) is 55.5 Å². The van der Waals surface area contributed by atoms with Crippen LogP contribution in [0.5, 0.6) is 0 Å². The van der Waals surface area contributed by atoms with E-state index in [2.05, 4.69) is 35.4 Å². The first-order valence-electron chi connectivity index (χ1n) is 7.19. The van der Waals surface area contributed by atoms with E-state index in [0.29, 0.717) is 12.1 Å². The highest BCUT2D eigenvalue weighted by atomic mass is 35.5. The van der Waals surface area contributed by atoms with Gasteiger partial charge in [0.2, 0.25) is 0 Å². The van der Waals surface area contributed by atoms with Crippen LogP contribution in [0.2, 0.25) is 5.02 Å². The molecule has 1 aromatic carbocycles. The number of aryl methyl sites for hydroxylation is 1. The Bertz CT molecular complexity index is 580. The van der Waals surface area contributed by atoms with Gasteiger partial charge in [-0.15, -0.1) is 0 Å². The van der Waals surface area contributed by atoms with Crippen LogP contribution in [0.1, 0.15) is 48.7 Å². The average molecular weight is 287 g/mol. The van der Waals surface area contributed by atoms with Crippen molar-refractivity contribution in [2.24, 2.45) is 0 Å². The van der Waals surface area contributed by atoms with E-state index in [4.69, 9.17) is 11.6 Å². The third-order valence-electron chi connectivity index (χ3n) is 4.02. The van der Waals surface area contributed by atoms with Gasteiger partial charge in [-0.25, -0.2) is 0 Å². The zero-order valence-electron chi connectivity index (χ0n) is 11.6. The van der Waals surface area contributed by atoms with Crippen LogP contribution >= 0.6 is 11.6 Å². The molecule has 1 heterocycles. The second-order valence-electron chi connectivity index (χ2n) is 5.43. The molecule has 0 aliphatic heterocycles. The number of nitrogens with one attached hydrogen (secondary N) is 1. The molecule has 3 heteroatoms. The lowest BCUT2D eigenvalue weighted by Crippen LogP contribution is -2.28. The SMILES string of the molecule is C[C@H](NC1CCCc2cccnc21)c1ccc(Cl)cc1. The Morgan fingerprint density at radius 2 is 2.05 bits per heavy atom. The van der Waals surface area contributed by atoms with E-state index < -0.39 is 0 Å². The molecule has 1 aliphatic rings. The number of rotatable bonds is 3. The van der Waals surface area contributed by atoms with Crippen molar-refractivity contribution in [1.82, 2.24) is 10.3 Å². The quantitative estimate of drug-likeness (QED) is 0.901. The minimum Gasteiger partial charge on any atom is -0.302 e. The van der Waals surface area contributed by atoms with Crippen molar-refractivity contribution in [3.05, 3.63) is 64.4 Å². The molecule has 1 N–H and O–H groups in total. The van der Waals surface area contributed by atoms with Gasteiger partial charge in [0.05, 0.1) is 11.7 Å². The zero-order valence-corrected chi connectivity index (χ0v) is 12.4. The average Bonchev–Trinajstić information content (AvgIpc) is 2.48. The second-order valence-corrected chi connectivity index (χ2v) is 5.87. The molecule has 0 fully saturated rings. The zero-order chi connectivity index (χ0) is 13.9. The molecule has 2 nitrogen and oxygen atoms in total. The van der Waals surface area contributed by atoms with Crippen molar-refractivity contribution >= 4 is 11.6 Å². The predicted molar refractivity (Wildman–Crippen MR) is 82.9 cm³/mol. The summed E-state index contributed by atoms with van der Waals surface area (Å²) in [5.41, 5.74) is 3.87. The van der Waals surface area contributed by atoms with Gasteiger partial charge >= 0.3 is 0 Å². The normalized spacial score (nSPS) is 19.4. The van der Waals surface area contributed by atoms with Crippen molar-refractivity contribution in [2.45, 2.75) is 38.3 Å². The molecule has 1 aromatic heterocycles. The van der Waals surface area contributed by atoms with Crippen molar-refractivity contribution in [3.8, 4) is 0 Å². The second kappa shape index (κ2) is 5.94. The number of hydrogen-bond acceptors (Lipinski definition) is 2. The maximum atomic E-state index is 5.94. The van der Waals surface area contributed by atoms with Crippen LogP contribution in [0.3, 0.4) is 0 Å². The van der Waals surface area contributed by atoms with Crippen LogP contribution in [0.15, 0.2) is 42.6 Å². The minimum atomic E-state index is 0.297. The van der Waals surface area contributed by atoms with E-state index in [1.807, 2.05) is 24.4 Å². The van der Waals surface area contributed by atoms with Crippen molar-refractivity contribution in [2.75, 3.05) is 0 Å². The topological polar surface area (TPSA) is 24.9 Å². The van der Waals surface area contributed by atoms with Crippen LogP contribution in [-0.4, -0.2) is 4.98 Å². The third-order valence-corrected chi connectivity index (χ3v) is 4.27. The molecular weight excluding hydrogens is 268 g/mol. The fourth-order valence-electron chi connectivity index (χ4n) is 2.92. The summed E-state index contributed by atoms with van der Waals surface area (Å²) in [4.78, 5) is 4.58. The highest BCUT2D eigenvalue weighted by molar-refractivity contribution is 6.30. The van der Waals surface area contributed by atoms with Gasteiger partial charge in [-0.2, -0.15) is 0 Å². The number of hydrogen-bond donors (Lipinski definition) is 1. The summed E-state index contributed by atoms with van der Waals surface area (Å²) in [5.74, 6) is 0. The smallest absolute Gasteiger partial charge is 0.0605 e.